The average Bonchev–Trinajstić information content (AvgIpc) is 3.13. The minimum Gasteiger partial charge on any atom is -0.369 e. The molecule has 0 saturated carbocycles. The Morgan fingerprint density at radius 1 is 1.00 bits per heavy atom. The first kappa shape index (κ1) is 21.4. The van der Waals surface area contributed by atoms with Crippen LogP contribution in [0.4, 0.5) is 11.4 Å². The average molecular weight is 437 g/mol. The van der Waals surface area contributed by atoms with Gasteiger partial charge in [-0.1, -0.05) is 42.1 Å². The van der Waals surface area contributed by atoms with Gasteiger partial charge in [0.15, 0.2) is 5.16 Å². The zero-order chi connectivity index (χ0) is 21.6. The Kier molecular flexibility index (Phi) is 6.89. The summed E-state index contributed by atoms with van der Waals surface area (Å²) in [6.45, 7) is 6.83. The van der Waals surface area contributed by atoms with Crippen LogP contribution in [-0.2, 0) is 11.3 Å². The Morgan fingerprint density at radius 3 is 2.42 bits per heavy atom. The number of thioether (sulfide) groups is 1. The number of hydrogen-bond acceptors (Lipinski definition) is 6. The van der Waals surface area contributed by atoms with Crippen LogP contribution in [-0.4, -0.2) is 64.6 Å². The lowest BCUT2D eigenvalue weighted by atomic mass is 10.2. The summed E-state index contributed by atoms with van der Waals surface area (Å²) < 4.78 is 2.04. The Labute approximate surface area is 187 Å². The molecule has 8 heteroatoms. The fourth-order valence-corrected chi connectivity index (χ4v) is 4.35. The molecule has 0 atom stereocenters. The van der Waals surface area contributed by atoms with Crippen molar-refractivity contribution in [3.63, 3.8) is 0 Å². The summed E-state index contributed by atoms with van der Waals surface area (Å²) in [5.74, 6) is 1.07. The van der Waals surface area contributed by atoms with Crippen LogP contribution in [0.1, 0.15) is 11.4 Å². The first-order valence-electron chi connectivity index (χ1n) is 10.5. The van der Waals surface area contributed by atoms with Gasteiger partial charge < -0.3 is 19.7 Å². The van der Waals surface area contributed by atoms with Crippen LogP contribution >= 0.6 is 11.8 Å². The standard InChI is InChI=1S/C23H28N6OS/c1-18-25-26-23(29(18)16-19-6-4-3-5-7-19)31-17-22(30)24-20-8-10-21(11-9-20)28-14-12-27(2)13-15-28/h3-11H,12-17H2,1-2H3,(H,24,30). The lowest BCUT2D eigenvalue weighted by Crippen LogP contribution is -2.44. The van der Waals surface area contributed by atoms with Gasteiger partial charge >= 0.3 is 0 Å². The number of anilines is 2. The van der Waals surface area contributed by atoms with E-state index in [1.165, 1.54) is 23.0 Å². The largest absolute Gasteiger partial charge is 0.369 e. The summed E-state index contributed by atoms with van der Waals surface area (Å²) in [6.07, 6.45) is 0. The van der Waals surface area contributed by atoms with Gasteiger partial charge in [-0.15, -0.1) is 10.2 Å². The highest BCUT2D eigenvalue weighted by molar-refractivity contribution is 7.99. The third kappa shape index (κ3) is 5.65. The lowest BCUT2D eigenvalue weighted by Gasteiger charge is -2.34. The third-order valence-electron chi connectivity index (χ3n) is 5.44. The van der Waals surface area contributed by atoms with E-state index in [0.29, 0.717) is 6.54 Å². The van der Waals surface area contributed by atoms with Gasteiger partial charge in [0.25, 0.3) is 0 Å². The summed E-state index contributed by atoms with van der Waals surface area (Å²) >= 11 is 1.40. The number of carbonyl (C=O) groups is 1. The van der Waals surface area contributed by atoms with Crippen LogP contribution in [0, 0.1) is 6.92 Å². The molecule has 2 aromatic carbocycles. The minimum atomic E-state index is -0.0516. The maximum atomic E-state index is 12.5. The second-order valence-corrected chi connectivity index (χ2v) is 8.72. The molecule has 7 nitrogen and oxygen atoms in total. The van der Waals surface area contributed by atoms with Gasteiger partial charge in [-0.25, -0.2) is 0 Å². The summed E-state index contributed by atoms with van der Waals surface area (Å²) in [6, 6.07) is 18.3. The Balaban J connectivity index is 1.31. The molecule has 31 heavy (non-hydrogen) atoms. The van der Waals surface area contributed by atoms with Crippen molar-refractivity contribution in [2.45, 2.75) is 18.6 Å². The molecule has 0 spiro atoms. The van der Waals surface area contributed by atoms with Crippen molar-refractivity contribution in [3.8, 4) is 0 Å². The number of amides is 1. The maximum Gasteiger partial charge on any atom is 0.234 e. The van der Waals surface area contributed by atoms with Gasteiger partial charge in [-0.3, -0.25) is 4.79 Å². The smallest absolute Gasteiger partial charge is 0.234 e. The number of carbonyl (C=O) groups excluding carboxylic acids is 1. The number of benzene rings is 2. The Morgan fingerprint density at radius 2 is 1.71 bits per heavy atom. The number of nitrogens with zero attached hydrogens (tertiary/aromatic N) is 5. The van der Waals surface area contributed by atoms with Crippen molar-refractivity contribution in [2.75, 3.05) is 49.2 Å². The van der Waals surface area contributed by atoms with Crippen molar-refractivity contribution in [1.29, 1.82) is 0 Å². The van der Waals surface area contributed by atoms with E-state index in [1.807, 2.05) is 41.8 Å². The molecule has 4 rings (SSSR count). The van der Waals surface area contributed by atoms with Crippen LogP contribution in [0.3, 0.4) is 0 Å². The number of likely N-dealkylation sites (N-methyl/N-ethyl adjacent to an activating group) is 1. The first-order chi connectivity index (χ1) is 15.1. The van der Waals surface area contributed by atoms with Crippen LogP contribution in [0.2, 0.25) is 0 Å². The zero-order valence-electron chi connectivity index (χ0n) is 18.0. The number of rotatable bonds is 7. The van der Waals surface area contributed by atoms with E-state index in [2.05, 4.69) is 56.6 Å². The molecule has 1 fully saturated rings. The summed E-state index contributed by atoms with van der Waals surface area (Å²) in [4.78, 5) is 17.2. The number of nitrogens with one attached hydrogen (secondary N) is 1. The molecule has 3 aromatic rings. The van der Waals surface area contributed by atoms with Gasteiger partial charge in [0.05, 0.1) is 12.3 Å². The molecule has 0 radical (unpaired) electrons. The predicted octanol–water partition coefficient (Wildman–Crippen LogP) is 3.12. The molecular weight excluding hydrogens is 408 g/mol. The van der Waals surface area contributed by atoms with Gasteiger partial charge in [0.2, 0.25) is 5.91 Å². The van der Waals surface area contributed by atoms with E-state index in [4.69, 9.17) is 0 Å². The second kappa shape index (κ2) is 9.98. The van der Waals surface area contributed by atoms with Gasteiger partial charge in [-0.05, 0) is 43.8 Å². The van der Waals surface area contributed by atoms with E-state index in [9.17, 15) is 4.79 Å². The van der Waals surface area contributed by atoms with Crippen molar-refractivity contribution in [2.24, 2.45) is 0 Å². The molecule has 2 heterocycles. The SMILES string of the molecule is Cc1nnc(SCC(=O)Nc2ccc(N3CCN(C)CC3)cc2)n1Cc1ccccc1. The molecule has 1 aliphatic heterocycles. The highest BCUT2D eigenvalue weighted by atomic mass is 32.2. The number of hydrogen-bond donors (Lipinski definition) is 1. The third-order valence-corrected chi connectivity index (χ3v) is 6.40. The van der Waals surface area contributed by atoms with Gasteiger partial charge in [-0.2, -0.15) is 0 Å². The molecule has 0 unspecified atom stereocenters. The van der Waals surface area contributed by atoms with Crippen LogP contribution in [0.5, 0.6) is 0 Å². The summed E-state index contributed by atoms with van der Waals surface area (Å²) in [5, 5.41) is 12.2. The summed E-state index contributed by atoms with van der Waals surface area (Å²) in [7, 11) is 2.15. The van der Waals surface area contributed by atoms with Gasteiger partial charge in [0, 0.05) is 37.6 Å². The fraction of sp³-hybridized carbons (Fsp3) is 0.348. The molecule has 1 aromatic heterocycles. The van der Waals surface area contributed by atoms with E-state index in [1.54, 1.807) is 0 Å². The van der Waals surface area contributed by atoms with Crippen molar-refractivity contribution in [1.82, 2.24) is 19.7 Å². The lowest BCUT2D eigenvalue weighted by molar-refractivity contribution is -0.113. The van der Waals surface area contributed by atoms with E-state index < -0.39 is 0 Å². The zero-order valence-corrected chi connectivity index (χ0v) is 18.8. The predicted molar refractivity (Wildman–Crippen MR) is 126 cm³/mol. The van der Waals surface area contributed by atoms with Crippen LogP contribution in [0.15, 0.2) is 59.8 Å². The maximum absolute atomic E-state index is 12.5. The highest BCUT2D eigenvalue weighted by Gasteiger charge is 2.15. The van der Waals surface area contributed by atoms with E-state index in [-0.39, 0.29) is 11.7 Å². The topological polar surface area (TPSA) is 66.3 Å². The van der Waals surface area contributed by atoms with E-state index in [0.717, 1.165) is 42.8 Å². The number of aryl methyl sites for hydroxylation is 1. The monoisotopic (exact) mass is 436 g/mol. The van der Waals surface area contributed by atoms with Crippen molar-refractivity contribution in [3.05, 3.63) is 66.0 Å². The summed E-state index contributed by atoms with van der Waals surface area (Å²) in [5.41, 5.74) is 3.19. The molecular formula is C23H28N6OS. The molecule has 162 valence electrons. The molecule has 0 bridgehead atoms. The Bertz CT molecular complexity index is 997. The van der Waals surface area contributed by atoms with Crippen molar-refractivity contribution < 1.29 is 4.79 Å². The quantitative estimate of drug-likeness (QED) is 0.574. The molecule has 1 N–H and O–H groups in total. The van der Waals surface area contributed by atoms with Crippen LogP contribution < -0.4 is 10.2 Å². The van der Waals surface area contributed by atoms with Crippen LogP contribution in [0.25, 0.3) is 0 Å². The second-order valence-electron chi connectivity index (χ2n) is 7.78. The molecule has 1 saturated heterocycles. The number of aromatic nitrogens is 3. The molecule has 1 amide bonds. The van der Waals surface area contributed by atoms with Crippen molar-refractivity contribution >= 4 is 29.0 Å². The molecule has 0 aliphatic carbocycles. The number of piperazine rings is 1. The fourth-order valence-electron chi connectivity index (χ4n) is 3.56. The normalized spacial score (nSPS) is 14.6. The Hall–Kier alpha value is -2.84. The molecule has 1 aliphatic rings. The van der Waals surface area contributed by atoms with E-state index >= 15 is 0 Å². The van der Waals surface area contributed by atoms with Gasteiger partial charge in [0.1, 0.15) is 5.82 Å². The first-order valence-corrected chi connectivity index (χ1v) is 11.5. The minimum absolute atomic E-state index is 0.0516. The highest BCUT2D eigenvalue weighted by Crippen LogP contribution is 2.21.